The molecule has 1 atom stereocenters. The zero-order valence-corrected chi connectivity index (χ0v) is 19.5. The number of aryl methyl sites for hydroxylation is 1. The first-order chi connectivity index (χ1) is 15.4. The van der Waals surface area contributed by atoms with Crippen molar-refractivity contribution in [3.05, 3.63) is 58.1 Å². The van der Waals surface area contributed by atoms with Crippen LogP contribution in [0.2, 0.25) is 5.02 Å². The van der Waals surface area contributed by atoms with Crippen molar-refractivity contribution in [3.8, 4) is 0 Å². The number of amides is 2. The Labute approximate surface area is 194 Å². The fraction of sp³-hybridized carbons (Fsp3) is 0.440. The van der Waals surface area contributed by atoms with Gasteiger partial charge >= 0.3 is 11.8 Å². The molecule has 2 aromatic carbocycles. The van der Waals surface area contributed by atoms with Crippen molar-refractivity contribution in [1.29, 1.82) is 0 Å². The molecule has 4 rings (SSSR count). The van der Waals surface area contributed by atoms with Gasteiger partial charge in [-0.3, -0.25) is 14.5 Å². The molecule has 2 heterocycles. The molecule has 2 aliphatic rings. The number of likely N-dealkylation sites (N-methyl/N-ethyl adjacent to an activating group) is 1. The molecule has 6 nitrogen and oxygen atoms in total. The lowest BCUT2D eigenvalue weighted by molar-refractivity contribution is -0.136. The SMILES string of the molecule is Cc1ccc(NC(=O)C(=O)NCC(c2ccc3c(c2)CCN3C)N2CCCCC2)cc1Cl. The molecule has 0 aliphatic carbocycles. The average Bonchev–Trinajstić information content (AvgIpc) is 3.17. The Morgan fingerprint density at radius 1 is 1.03 bits per heavy atom. The van der Waals surface area contributed by atoms with Gasteiger partial charge in [0.05, 0.1) is 6.04 Å². The lowest BCUT2D eigenvalue weighted by Crippen LogP contribution is -2.43. The van der Waals surface area contributed by atoms with Crippen LogP contribution in [-0.2, 0) is 16.0 Å². The minimum atomic E-state index is -0.683. The van der Waals surface area contributed by atoms with Crippen LogP contribution in [0.1, 0.15) is 42.0 Å². The van der Waals surface area contributed by atoms with E-state index in [1.165, 1.54) is 23.2 Å². The topological polar surface area (TPSA) is 64.7 Å². The molecule has 7 heteroatoms. The Hall–Kier alpha value is -2.57. The quantitative estimate of drug-likeness (QED) is 0.672. The highest BCUT2D eigenvalue weighted by Crippen LogP contribution is 2.32. The minimum Gasteiger partial charge on any atom is -0.374 e. The van der Waals surface area contributed by atoms with Crippen LogP contribution in [0.15, 0.2) is 36.4 Å². The van der Waals surface area contributed by atoms with E-state index in [9.17, 15) is 9.59 Å². The Bertz CT molecular complexity index is 1000. The summed E-state index contributed by atoms with van der Waals surface area (Å²) in [6.07, 6.45) is 4.60. The highest BCUT2D eigenvalue weighted by Gasteiger charge is 2.26. The number of nitrogens with zero attached hydrogens (tertiary/aromatic N) is 2. The Balaban J connectivity index is 1.44. The van der Waals surface area contributed by atoms with Gasteiger partial charge in [0.2, 0.25) is 0 Å². The number of hydrogen-bond donors (Lipinski definition) is 2. The molecule has 0 spiro atoms. The maximum absolute atomic E-state index is 12.6. The summed E-state index contributed by atoms with van der Waals surface area (Å²) in [4.78, 5) is 29.7. The molecule has 0 radical (unpaired) electrons. The fourth-order valence-corrected chi connectivity index (χ4v) is 4.79. The molecule has 0 aromatic heterocycles. The summed E-state index contributed by atoms with van der Waals surface area (Å²) >= 11 is 6.12. The predicted molar refractivity (Wildman–Crippen MR) is 129 cm³/mol. The maximum Gasteiger partial charge on any atom is 0.313 e. The largest absolute Gasteiger partial charge is 0.374 e. The summed E-state index contributed by atoms with van der Waals surface area (Å²) in [7, 11) is 2.12. The first-order valence-corrected chi connectivity index (χ1v) is 11.7. The normalized spacial score (nSPS) is 17.0. The summed E-state index contributed by atoms with van der Waals surface area (Å²) in [6, 6.07) is 11.9. The Kier molecular flexibility index (Phi) is 7.01. The van der Waals surface area contributed by atoms with Crippen molar-refractivity contribution in [2.24, 2.45) is 0 Å². The van der Waals surface area contributed by atoms with Crippen LogP contribution >= 0.6 is 11.6 Å². The zero-order valence-electron chi connectivity index (χ0n) is 18.8. The highest BCUT2D eigenvalue weighted by atomic mass is 35.5. The predicted octanol–water partition coefficient (Wildman–Crippen LogP) is 3.92. The van der Waals surface area contributed by atoms with E-state index in [1.807, 2.05) is 13.0 Å². The van der Waals surface area contributed by atoms with Gasteiger partial charge in [-0.2, -0.15) is 0 Å². The molecular weight excluding hydrogens is 424 g/mol. The molecular formula is C25H31ClN4O2. The van der Waals surface area contributed by atoms with Gasteiger partial charge in [0.1, 0.15) is 0 Å². The molecule has 0 saturated carbocycles. The van der Waals surface area contributed by atoms with E-state index < -0.39 is 11.8 Å². The average molecular weight is 455 g/mol. The lowest BCUT2D eigenvalue weighted by atomic mass is 9.98. The molecule has 1 saturated heterocycles. The molecule has 1 unspecified atom stereocenters. The number of piperidine rings is 1. The number of nitrogens with one attached hydrogen (secondary N) is 2. The second-order valence-electron chi connectivity index (χ2n) is 8.80. The van der Waals surface area contributed by atoms with E-state index in [2.05, 4.69) is 45.7 Å². The smallest absolute Gasteiger partial charge is 0.313 e. The number of benzene rings is 2. The number of anilines is 2. The summed E-state index contributed by atoms with van der Waals surface area (Å²) in [5, 5.41) is 6.05. The first-order valence-electron chi connectivity index (χ1n) is 11.4. The summed E-state index contributed by atoms with van der Waals surface area (Å²) in [5.41, 5.74) is 5.26. The van der Waals surface area contributed by atoms with Gasteiger partial charge in [0, 0.05) is 36.5 Å². The number of hydrogen-bond acceptors (Lipinski definition) is 4. The van der Waals surface area contributed by atoms with E-state index >= 15 is 0 Å². The number of halogens is 1. The summed E-state index contributed by atoms with van der Waals surface area (Å²) < 4.78 is 0. The Morgan fingerprint density at radius 2 is 1.81 bits per heavy atom. The van der Waals surface area contributed by atoms with Crippen LogP contribution in [0.5, 0.6) is 0 Å². The third-order valence-corrected chi connectivity index (χ3v) is 6.95. The monoisotopic (exact) mass is 454 g/mol. The van der Waals surface area contributed by atoms with E-state index in [4.69, 9.17) is 11.6 Å². The van der Waals surface area contributed by atoms with Gasteiger partial charge in [-0.1, -0.05) is 36.2 Å². The van der Waals surface area contributed by atoms with Crippen LogP contribution in [0.3, 0.4) is 0 Å². The van der Waals surface area contributed by atoms with Gasteiger partial charge < -0.3 is 15.5 Å². The number of carbonyl (C=O) groups excluding carboxylic acids is 2. The number of likely N-dealkylation sites (tertiary alicyclic amines) is 1. The Morgan fingerprint density at radius 3 is 2.56 bits per heavy atom. The molecule has 2 N–H and O–H groups in total. The maximum atomic E-state index is 12.6. The van der Waals surface area contributed by atoms with Gasteiger partial charge in [0.25, 0.3) is 0 Å². The summed E-state index contributed by atoms with van der Waals surface area (Å²) in [5.74, 6) is -1.32. The first kappa shape index (κ1) is 22.6. The third kappa shape index (κ3) is 5.08. The summed E-state index contributed by atoms with van der Waals surface area (Å²) in [6.45, 7) is 5.33. The van der Waals surface area contributed by atoms with Crippen molar-refractivity contribution in [3.63, 3.8) is 0 Å². The molecule has 0 bridgehead atoms. The standard InChI is InChI=1S/C25H31ClN4O2/c1-17-6-8-20(15-21(17)26)28-25(32)24(31)27-16-23(30-11-4-3-5-12-30)18-7-9-22-19(14-18)10-13-29(22)2/h6-9,14-15,23H,3-5,10-13,16H2,1-2H3,(H,27,31)(H,28,32). The third-order valence-electron chi connectivity index (χ3n) is 6.54. The minimum absolute atomic E-state index is 0.0528. The van der Waals surface area contributed by atoms with E-state index in [-0.39, 0.29) is 6.04 Å². The molecule has 170 valence electrons. The number of fused-ring (bicyclic) bond motifs is 1. The van der Waals surface area contributed by atoms with E-state index in [0.717, 1.165) is 44.5 Å². The van der Waals surface area contributed by atoms with E-state index in [1.54, 1.807) is 12.1 Å². The van der Waals surface area contributed by atoms with Crippen LogP contribution in [0, 0.1) is 6.92 Å². The molecule has 2 aromatic rings. The lowest BCUT2D eigenvalue weighted by Gasteiger charge is -2.35. The van der Waals surface area contributed by atoms with Crippen LogP contribution in [0.4, 0.5) is 11.4 Å². The van der Waals surface area contributed by atoms with Crippen LogP contribution in [-0.4, -0.2) is 49.9 Å². The van der Waals surface area contributed by atoms with Crippen molar-refractivity contribution < 1.29 is 9.59 Å². The molecule has 1 fully saturated rings. The number of rotatable bonds is 5. The molecule has 2 amide bonds. The second-order valence-corrected chi connectivity index (χ2v) is 9.21. The van der Waals surface area contributed by atoms with Crippen molar-refractivity contribution in [2.45, 2.75) is 38.6 Å². The fourth-order valence-electron chi connectivity index (χ4n) is 4.61. The van der Waals surface area contributed by atoms with Gasteiger partial charge in [-0.05, 0) is 74.2 Å². The van der Waals surface area contributed by atoms with Crippen molar-refractivity contribution in [2.75, 3.05) is 43.4 Å². The molecule has 2 aliphatic heterocycles. The van der Waals surface area contributed by atoms with Crippen LogP contribution < -0.4 is 15.5 Å². The van der Waals surface area contributed by atoms with Crippen LogP contribution in [0.25, 0.3) is 0 Å². The highest BCUT2D eigenvalue weighted by molar-refractivity contribution is 6.39. The second kappa shape index (κ2) is 9.92. The zero-order chi connectivity index (χ0) is 22.7. The van der Waals surface area contributed by atoms with E-state index in [0.29, 0.717) is 17.3 Å². The van der Waals surface area contributed by atoms with Crippen molar-refractivity contribution in [1.82, 2.24) is 10.2 Å². The van der Waals surface area contributed by atoms with Gasteiger partial charge in [-0.15, -0.1) is 0 Å². The molecule has 32 heavy (non-hydrogen) atoms. The van der Waals surface area contributed by atoms with Crippen molar-refractivity contribution >= 4 is 34.8 Å². The van der Waals surface area contributed by atoms with Gasteiger partial charge in [0.15, 0.2) is 0 Å². The number of carbonyl (C=O) groups is 2. The van der Waals surface area contributed by atoms with Gasteiger partial charge in [-0.25, -0.2) is 0 Å².